The zero-order valence-corrected chi connectivity index (χ0v) is 23.1. The first kappa shape index (κ1) is 26.6. The Balaban J connectivity index is 1.12. The number of aromatic nitrogens is 1. The molecule has 204 valence electrons. The Bertz CT molecular complexity index is 1110. The molecule has 1 saturated carbocycles. The van der Waals surface area contributed by atoms with Gasteiger partial charge in [0.05, 0.1) is 6.54 Å². The van der Waals surface area contributed by atoms with Gasteiger partial charge in [0.25, 0.3) is 5.91 Å². The van der Waals surface area contributed by atoms with Crippen LogP contribution in [0.2, 0.25) is 0 Å². The van der Waals surface area contributed by atoms with Crippen molar-refractivity contribution in [1.29, 1.82) is 0 Å². The van der Waals surface area contributed by atoms with E-state index >= 15 is 0 Å². The zero-order chi connectivity index (χ0) is 26.7. The third-order valence-electron chi connectivity index (χ3n) is 8.21. The molecular formula is C30H41N5O3. The lowest BCUT2D eigenvalue weighted by molar-refractivity contribution is -0.135. The van der Waals surface area contributed by atoms with E-state index in [0.717, 1.165) is 32.2 Å². The van der Waals surface area contributed by atoms with Gasteiger partial charge in [0.15, 0.2) is 0 Å². The van der Waals surface area contributed by atoms with E-state index < -0.39 is 0 Å². The molecule has 2 aliphatic heterocycles. The molecule has 2 amide bonds. The minimum Gasteiger partial charge on any atom is -0.438 e. The van der Waals surface area contributed by atoms with Crippen LogP contribution in [0, 0.1) is 0 Å². The lowest BCUT2D eigenvalue weighted by atomic mass is 9.87. The number of ether oxygens (including phenoxy) is 1. The van der Waals surface area contributed by atoms with Gasteiger partial charge < -0.3 is 14.5 Å². The van der Waals surface area contributed by atoms with Gasteiger partial charge in [0.2, 0.25) is 11.8 Å². The van der Waals surface area contributed by atoms with Crippen molar-refractivity contribution in [3.63, 3.8) is 0 Å². The fourth-order valence-electron chi connectivity index (χ4n) is 5.43. The summed E-state index contributed by atoms with van der Waals surface area (Å²) in [6.45, 7) is 13.1. The number of pyridine rings is 1. The van der Waals surface area contributed by atoms with E-state index in [0.29, 0.717) is 49.9 Å². The Morgan fingerprint density at radius 2 is 1.55 bits per heavy atom. The fraction of sp³-hybridized carbons (Fsp3) is 0.567. The summed E-state index contributed by atoms with van der Waals surface area (Å²) >= 11 is 0. The summed E-state index contributed by atoms with van der Waals surface area (Å²) in [5.41, 5.74) is 1.73. The molecule has 0 atom stereocenters. The highest BCUT2D eigenvalue weighted by molar-refractivity contribution is 5.96. The average molecular weight is 520 g/mol. The van der Waals surface area contributed by atoms with Crippen molar-refractivity contribution < 1.29 is 14.3 Å². The van der Waals surface area contributed by atoms with E-state index in [9.17, 15) is 9.59 Å². The molecule has 5 rings (SSSR count). The van der Waals surface area contributed by atoms with Gasteiger partial charge in [-0.15, -0.1) is 0 Å². The molecule has 0 N–H and O–H groups in total. The monoisotopic (exact) mass is 519 g/mol. The highest BCUT2D eigenvalue weighted by Gasteiger charge is 2.31. The second-order valence-electron chi connectivity index (χ2n) is 11.8. The maximum absolute atomic E-state index is 13.4. The summed E-state index contributed by atoms with van der Waals surface area (Å²) in [5.74, 6) is 1.10. The van der Waals surface area contributed by atoms with Crippen molar-refractivity contribution in [3.8, 4) is 11.6 Å². The number of hydrogen-bond acceptors (Lipinski definition) is 6. The van der Waals surface area contributed by atoms with Crippen LogP contribution < -0.4 is 4.74 Å². The molecule has 3 aliphatic rings. The molecule has 0 bridgehead atoms. The van der Waals surface area contributed by atoms with Gasteiger partial charge in [-0.3, -0.25) is 19.4 Å². The Morgan fingerprint density at radius 3 is 2.16 bits per heavy atom. The van der Waals surface area contributed by atoms with E-state index in [1.165, 1.54) is 24.8 Å². The normalized spacial score (nSPS) is 19.8. The molecule has 2 aromatic rings. The summed E-state index contributed by atoms with van der Waals surface area (Å²) in [6, 6.07) is 12.2. The summed E-state index contributed by atoms with van der Waals surface area (Å²) in [6.07, 6.45) is 5.62. The third kappa shape index (κ3) is 6.18. The summed E-state index contributed by atoms with van der Waals surface area (Å²) < 4.78 is 6.04. The number of amides is 2. The predicted octanol–water partition coefficient (Wildman–Crippen LogP) is 3.63. The summed E-state index contributed by atoms with van der Waals surface area (Å²) in [5, 5.41) is 0. The highest BCUT2D eigenvalue weighted by Crippen LogP contribution is 2.28. The molecule has 3 heterocycles. The van der Waals surface area contributed by atoms with Gasteiger partial charge in [0, 0.05) is 64.6 Å². The van der Waals surface area contributed by atoms with E-state index in [1.807, 2.05) is 21.9 Å². The zero-order valence-electron chi connectivity index (χ0n) is 23.1. The first-order valence-corrected chi connectivity index (χ1v) is 14.0. The van der Waals surface area contributed by atoms with Crippen LogP contribution in [0.25, 0.3) is 0 Å². The Kier molecular flexibility index (Phi) is 8.00. The molecule has 1 aromatic carbocycles. The van der Waals surface area contributed by atoms with Crippen molar-refractivity contribution in [2.75, 3.05) is 58.9 Å². The van der Waals surface area contributed by atoms with Crippen molar-refractivity contribution in [3.05, 3.63) is 53.7 Å². The molecule has 0 radical (unpaired) electrons. The van der Waals surface area contributed by atoms with Crippen LogP contribution in [0.4, 0.5) is 0 Å². The lowest BCUT2D eigenvalue weighted by Crippen LogP contribution is -2.56. The predicted molar refractivity (Wildman–Crippen MR) is 148 cm³/mol. The molecule has 2 saturated heterocycles. The second kappa shape index (κ2) is 11.4. The molecule has 8 heteroatoms. The number of rotatable bonds is 6. The van der Waals surface area contributed by atoms with Gasteiger partial charge >= 0.3 is 0 Å². The maximum atomic E-state index is 13.4. The molecule has 0 spiro atoms. The molecular weight excluding hydrogens is 478 g/mol. The smallest absolute Gasteiger partial charge is 0.259 e. The number of carbonyl (C=O) groups is 2. The minimum absolute atomic E-state index is 0.0575. The van der Waals surface area contributed by atoms with Gasteiger partial charge in [-0.05, 0) is 48.1 Å². The SMILES string of the molecule is CC(C)(C)c1ccc(Oc2ncccc2C(=O)N2CCN(CC(=O)N3CCN(C4CCC4)CC3)CC2)cc1. The van der Waals surface area contributed by atoms with E-state index in [1.54, 1.807) is 18.3 Å². The highest BCUT2D eigenvalue weighted by atomic mass is 16.5. The first-order chi connectivity index (χ1) is 18.3. The molecule has 1 aromatic heterocycles. The third-order valence-corrected chi connectivity index (χ3v) is 8.21. The second-order valence-corrected chi connectivity index (χ2v) is 11.8. The topological polar surface area (TPSA) is 69.2 Å². The number of piperazine rings is 2. The molecule has 38 heavy (non-hydrogen) atoms. The molecule has 3 fully saturated rings. The van der Waals surface area contributed by atoms with Crippen LogP contribution in [0.1, 0.15) is 56.0 Å². The number of nitrogens with zero attached hydrogens (tertiary/aromatic N) is 5. The van der Waals surface area contributed by atoms with E-state index in [4.69, 9.17) is 4.74 Å². The van der Waals surface area contributed by atoms with Crippen molar-refractivity contribution in [2.24, 2.45) is 0 Å². The molecule has 8 nitrogen and oxygen atoms in total. The van der Waals surface area contributed by atoms with Crippen molar-refractivity contribution in [2.45, 2.75) is 51.5 Å². The number of benzene rings is 1. The van der Waals surface area contributed by atoms with Gasteiger partial charge in [-0.1, -0.05) is 39.3 Å². The van der Waals surface area contributed by atoms with Crippen LogP contribution in [-0.2, 0) is 10.2 Å². The van der Waals surface area contributed by atoms with Crippen molar-refractivity contribution >= 4 is 11.8 Å². The van der Waals surface area contributed by atoms with Crippen LogP contribution >= 0.6 is 0 Å². The summed E-state index contributed by atoms with van der Waals surface area (Å²) in [7, 11) is 0. The largest absolute Gasteiger partial charge is 0.438 e. The molecule has 1 aliphatic carbocycles. The summed E-state index contributed by atoms with van der Waals surface area (Å²) in [4.78, 5) is 39.2. The minimum atomic E-state index is -0.0856. The van der Waals surface area contributed by atoms with Crippen LogP contribution in [-0.4, -0.2) is 101 Å². The first-order valence-electron chi connectivity index (χ1n) is 14.0. The fourth-order valence-corrected chi connectivity index (χ4v) is 5.43. The standard InChI is InChI=1S/C30H41N5O3/c1-30(2,3)23-9-11-25(12-10-23)38-28-26(8-5-13-31-28)29(37)35-16-14-32(15-17-35)22-27(36)34-20-18-33(19-21-34)24-6-4-7-24/h5,8-13,24H,4,6-7,14-22H2,1-3H3. The quantitative estimate of drug-likeness (QED) is 0.581. The van der Waals surface area contributed by atoms with Gasteiger partial charge in [0.1, 0.15) is 11.3 Å². The van der Waals surface area contributed by atoms with E-state index in [2.05, 4.69) is 47.7 Å². The average Bonchev–Trinajstić information content (AvgIpc) is 2.88. The Morgan fingerprint density at radius 1 is 0.895 bits per heavy atom. The van der Waals surface area contributed by atoms with Crippen LogP contribution in [0.3, 0.4) is 0 Å². The van der Waals surface area contributed by atoms with Gasteiger partial charge in [-0.25, -0.2) is 4.98 Å². The lowest BCUT2D eigenvalue weighted by Gasteiger charge is -2.43. The number of hydrogen-bond donors (Lipinski definition) is 0. The Hall–Kier alpha value is -2.97. The van der Waals surface area contributed by atoms with Gasteiger partial charge in [-0.2, -0.15) is 0 Å². The maximum Gasteiger partial charge on any atom is 0.259 e. The van der Waals surface area contributed by atoms with Crippen molar-refractivity contribution in [1.82, 2.24) is 24.6 Å². The molecule has 0 unspecified atom stereocenters. The van der Waals surface area contributed by atoms with Crippen LogP contribution in [0.5, 0.6) is 11.6 Å². The number of carbonyl (C=O) groups excluding carboxylic acids is 2. The Labute approximate surface area is 226 Å². The van der Waals surface area contributed by atoms with Crippen LogP contribution in [0.15, 0.2) is 42.6 Å². The van der Waals surface area contributed by atoms with E-state index in [-0.39, 0.29) is 17.2 Å².